The molecule has 0 bridgehead atoms. The molecular formula is C19H22F3N7O2. The largest absolute Gasteiger partial charge is 0.417 e. The second-order valence-corrected chi connectivity index (χ2v) is 6.91. The summed E-state index contributed by atoms with van der Waals surface area (Å²) in [7, 11) is 0. The standard InChI is InChI=1S/C19H22F3N7O2/c20-19(21,22)15-4-2-1-3-14(15)13-23-27-16-24-17(28-5-9-30-10-6-28)26-18(25-16)29-7-11-31-12-8-29/h1-4,13H,5-12H2,(H,24,25,26,27). The molecule has 0 radical (unpaired) electrons. The first kappa shape index (κ1) is 21.2. The molecule has 9 nitrogen and oxygen atoms in total. The lowest BCUT2D eigenvalue weighted by Crippen LogP contribution is -2.40. The summed E-state index contributed by atoms with van der Waals surface area (Å²) in [5.41, 5.74) is 1.83. The van der Waals surface area contributed by atoms with Crippen LogP contribution in [0.1, 0.15) is 11.1 Å². The highest BCUT2D eigenvalue weighted by atomic mass is 19.4. The molecule has 2 saturated heterocycles. The molecular weight excluding hydrogens is 415 g/mol. The highest BCUT2D eigenvalue weighted by Crippen LogP contribution is 2.31. The number of aromatic nitrogens is 3. The van der Waals surface area contributed by atoms with Crippen molar-refractivity contribution < 1.29 is 22.6 Å². The first-order valence-corrected chi connectivity index (χ1v) is 9.87. The average Bonchev–Trinajstić information content (AvgIpc) is 2.80. The predicted octanol–water partition coefficient (Wildman–Crippen LogP) is 2.01. The monoisotopic (exact) mass is 437 g/mol. The van der Waals surface area contributed by atoms with Crippen LogP contribution in [0.5, 0.6) is 0 Å². The van der Waals surface area contributed by atoms with Gasteiger partial charge in [-0.05, 0) is 6.07 Å². The number of benzene rings is 1. The Morgan fingerprint density at radius 2 is 1.42 bits per heavy atom. The van der Waals surface area contributed by atoms with Gasteiger partial charge in [0.2, 0.25) is 17.8 Å². The van der Waals surface area contributed by atoms with Crippen molar-refractivity contribution >= 4 is 24.1 Å². The minimum absolute atomic E-state index is 0.0571. The van der Waals surface area contributed by atoms with E-state index in [1.54, 1.807) is 0 Å². The molecule has 0 atom stereocenters. The number of morpholine rings is 2. The van der Waals surface area contributed by atoms with Gasteiger partial charge in [-0.15, -0.1) is 0 Å². The molecule has 0 amide bonds. The van der Waals surface area contributed by atoms with Crippen LogP contribution in [0.3, 0.4) is 0 Å². The van der Waals surface area contributed by atoms with Gasteiger partial charge in [-0.25, -0.2) is 5.43 Å². The topological polar surface area (TPSA) is 88.0 Å². The molecule has 0 unspecified atom stereocenters. The molecule has 1 N–H and O–H groups in total. The van der Waals surface area contributed by atoms with Crippen molar-refractivity contribution in [1.29, 1.82) is 0 Å². The molecule has 0 saturated carbocycles. The van der Waals surface area contributed by atoms with Crippen molar-refractivity contribution in [2.45, 2.75) is 6.18 Å². The van der Waals surface area contributed by atoms with Gasteiger partial charge in [0, 0.05) is 31.7 Å². The summed E-state index contributed by atoms with van der Waals surface area (Å²) in [5.74, 6) is 1.08. The lowest BCUT2D eigenvalue weighted by Gasteiger charge is -2.30. The molecule has 12 heteroatoms. The summed E-state index contributed by atoms with van der Waals surface area (Å²) in [4.78, 5) is 17.3. The maximum Gasteiger partial charge on any atom is 0.417 e. The normalized spacial score (nSPS) is 17.9. The van der Waals surface area contributed by atoms with E-state index >= 15 is 0 Å². The van der Waals surface area contributed by atoms with E-state index in [2.05, 4.69) is 25.5 Å². The maximum atomic E-state index is 13.2. The third-order valence-electron chi connectivity index (χ3n) is 4.83. The molecule has 2 aliphatic heterocycles. The zero-order valence-corrected chi connectivity index (χ0v) is 16.7. The van der Waals surface area contributed by atoms with Crippen molar-refractivity contribution in [2.75, 3.05) is 67.8 Å². The molecule has 2 fully saturated rings. The molecule has 0 spiro atoms. The fourth-order valence-corrected chi connectivity index (χ4v) is 3.24. The smallest absolute Gasteiger partial charge is 0.378 e. The van der Waals surface area contributed by atoms with Crippen molar-refractivity contribution in [2.24, 2.45) is 5.10 Å². The fraction of sp³-hybridized carbons (Fsp3) is 0.474. The van der Waals surface area contributed by atoms with Crippen molar-refractivity contribution in [1.82, 2.24) is 15.0 Å². The van der Waals surface area contributed by atoms with Crippen LogP contribution in [-0.4, -0.2) is 73.8 Å². The molecule has 2 aromatic rings. The quantitative estimate of drug-likeness (QED) is 0.562. The maximum absolute atomic E-state index is 13.2. The van der Waals surface area contributed by atoms with Gasteiger partial charge in [-0.1, -0.05) is 18.2 Å². The van der Waals surface area contributed by atoms with Gasteiger partial charge in [-0.2, -0.15) is 33.2 Å². The average molecular weight is 437 g/mol. The number of ether oxygens (including phenoxy) is 2. The molecule has 4 rings (SSSR count). The number of hydrazone groups is 1. The predicted molar refractivity (Wildman–Crippen MR) is 109 cm³/mol. The van der Waals surface area contributed by atoms with Gasteiger partial charge >= 0.3 is 6.18 Å². The second kappa shape index (κ2) is 9.43. The SMILES string of the molecule is FC(F)(F)c1ccccc1C=NNc1nc(N2CCOCC2)nc(N2CCOCC2)n1. The van der Waals surface area contributed by atoms with Crippen LogP contribution in [-0.2, 0) is 15.7 Å². The summed E-state index contributed by atoms with van der Waals surface area (Å²) in [5, 5.41) is 3.94. The minimum Gasteiger partial charge on any atom is -0.378 e. The van der Waals surface area contributed by atoms with E-state index in [9.17, 15) is 13.2 Å². The Labute approximate surface area is 176 Å². The van der Waals surface area contributed by atoms with Gasteiger partial charge in [0.1, 0.15) is 0 Å². The van der Waals surface area contributed by atoms with E-state index in [-0.39, 0.29) is 11.5 Å². The Kier molecular flexibility index (Phi) is 6.47. The molecule has 2 aliphatic rings. The molecule has 1 aromatic heterocycles. The van der Waals surface area contributed by atoms with E-state index in [1.807, 2.05) is 9.80 Å². The van der Waals surface area contributed by atoms with Crippen LogP contribution in [0.15, 0.2) is 29.4 Å². The van der Waals surface area contributed by atoms with E-state index in [1.165, 1.54) is 18.2 Å². The van der Waals surface area contributed by atoms with E-state index in [0.29, 0.717) is 64.5 Å². The number of rotatable bonds is 5. The van der Waals surface area contributed by atoms with Gasteiger partial charge < -0.3 is 19.3 Å². The van der Waals surface area contributed by atoms with E-state index in [0.717, 1.165) is 12.3 Å². The summed E-state index contributed by atoms with van der Waals surface area (Å²) >= 11 is 0. The Hall–Kier alpha value is -2.99. The van der Waals surface area contributed by atoms with Crippen LogP contribution < -0.4 is 15.2 Å². The van der Waals surface area contributed by atoms with E-state index in [4.69, 9.17) is 9.47 Å². The summed E-state index contributed by atoms with van der Waals surface area (Å²) in [6.07, 6.45) is -3.36. The Morgan fingerprint density at radius 1 is 0.871 bits per heavy atom. The van der Waals surface area contributed by atoms with Gasteiger partial charge in [0.25, 0.3) is 0 Å². The molecule has 31 heavy (non-hydrogen) atoms. The Bertz CT molecular complexity index is 877. The van der Waals surface area contributed by atoms with Crippen LogP contribution in [0.25, 0.3) is 0 Å². The summed E-state index contributed by atoms with van der Waals surface area (Å²) < 4.78 is 50.3. The number of nitrogens with one attached hydrogen (secondary N) is 1. The molecule has 0 aliphatic carbocycles. The zero-order valence-electron chi connectivity index (χ0n) is 16.7. The summed E-state index contributed by atoms with van der Waals surface area (Å²) in [6, 6.07) is 5.21. The molecule has 3 heterocycles. The fourth-order valence-electron chi connectivity index (χ4n) is 3.24. The molecule has 1 aromatic carbocycles. The van der Waals surface area contributed by atoms with Crippen molar-refractivity contribution in [3.8, 4) is 0 Å². The van der Waals surface area contributed by atoms with Crippen LogP contribution in [0.2, 0.25) is 0 Å². The Morgan fingerprint density at radius 3 is 1.97 bits per heavy atom. The lowest BCUT2D eigenvalue weighted by atomic mass is 10.1. The van der Waals surface area contributed by atoms with Gasteiger partial charge in [0.05, 0.1) is 38.2 Å². The highest BCUT2D eigenvalue weighted by molar-refractivity contribution is 5.82. The summed E-state index contributed by atoms with van der Waals surface area (Å²) in [6.45, 7) is 4.79. The lowest BCUT2D eigenvalue weighted by molar-refractivity contribution is -0.137. The number of hydrogen-bond donors (Lipinski definition) is 1. The number of nitrogens with zero attached hydrogens (tertiary/aromatic N) is 6. The second-order valence-electron chi connectivity index (χ2n) is 6.91. The van der Waals surface area contributed by atoms with Gasteiger partial charge in [-0.3, -0.25) is 0 Å². The zero-order chi connectivity index (χ0) is 21.7. The van der Waals surface area contributed by atoms with Gasteiger partial charge in [0.15, 0.2) is 0 Å². The Balaban J connectivity index is 1.57. The first-order valence-electron chi connectivity index (χ1n) is 9.87. The third kappa shape index (κ3) is 5.39. The number of hydrogen-bond acceptors (Lipinski definition) is 9. The van der Waals surface area contributed by atoms with Crippen molar-refractivity contribution in [3.63, 3.8) is 0 Å². The number of halogens is 3. The third-order valence-corrected chi connectivity index (χ3v) is 4.83. The van der Waals surface area contributed by atoms with Crippen LogP contribution >= 0.6 is 0 Å². The highest BCUT2D eigenvalue weighted by Gasteiger charge is 2.32. The number of alkyl halides is 3. The van der Waals surface area contributed by atoms with Crippen molar-refractivity contribution in [3.05, 3.63) is 35.4 Å². The first-order chi connectivity index (χ1) is 15.0. The van der Waals surface area contributed by atoms with E-state index < -0.39 is 11.7 Å². The molecule has 166 valence electrons. The number of anilines is 3. The van der Waals surface area contributed by atoms with Crippen LogP contribution in [0.4, 0.5) is 31.0 Å². The minimum atomic E-state index is -4.47. The van der Waals surface area contributed by atoms with Crippen LogP contribution in [0, 0.1) is 0 Å².